The Bertz CT molecular complexity index is 494. The zero-order chi connectivity index (χ0) is 9.71. The van der Waals surface area contributed by atoms with E-state index in [4.69, 9.17) is 5.73 Å². The Morgan fingerprint density at radius 2 is 2.21 bits per heavy atom. The van der Waals surface area contributed by atoms with E-state index in [0.717, 1.165) is 16.8 Å². The van der Waals surface area contributed by atoms with Gasteiger partial charge in [-0.3, -0.25) is 0 Å². The fourth-order valence-electron chi connectivity index (χ4n) is 1.84. The first kappa shape index (κ1) is 7.85. The zero-order valence-corrected chi connectivity index (χ0v) is 8.20. The van der Waals surface area contributed by atoms with Crippen LogP contribution in [0, 0.1) is 6.92 Å². The summed E-state index contributed by atoms with van der Waals surface area (Å²) in [5.41, 5.74) is 10.1. The van der Waals surface area contributed by atoms with Crippen LogP contribution in [0.15, 0.2) is 18.5 Å². The lowest BCUT2D eigenvalue weighted by Gasteiger charge is -2.03. The van der Waals surface area contributed by atoms with Gasteiger partial charge in [0, 0.05) is 11.7 Å². The highest BCUT2D eigenvalue weighted by molar-refractivity contribution is 5.81. The molecule has 0 atom stereocenters. The van der Waals surface area contributed by atoms with Crippen molar-refractivity contribution in [1.82, 2.24) is 9.55 Å². The van der Waals surface area contributed by atoms with Crippen LogP contribution in [0.3, 0.4) is 0 Å². The van der Waals surface area contributed by atoms with Crippen LogP contribution in [-0.2, 0) is 0 Å². The molecule has 2 aromatic rings. The van der Waals surface area contributed by atoms with E-state index in [2.05, 4.69) is 15.6 Å². The molecular weight excluding hydrogens is 174 g/mol. The summed E-state index contributed by atoms with van der Waals surface area (Å²) in [6.45, 7) is 2.02. The third-order valence-electron chi connectivity index (χ3n) is 2.90. The number of aryl methyl sites for hydroxylation is 1. The van der Waals surface area contributed by atoms with E-state index in [1.807, 2.05) is 19.3 Å². The van der Waals surface area contributed by atoms with Gasteiger partial charge in [0.05, 0.1) is 17.4 Å². The Morgan fingerprint density at radius 1 is 1.43 bits per heavy atom. The summed E-state index contributed by atoms with van der Waals surface area (Å²) in [5, 5.41) is 0. The second-order valence-corrected chi connectivity index (χ2v) is 4.08. The van der Waals surface area contributed by atoms with Crippen molar-refractivity contribution < 1.29 is 0 Å². The van der Waals surface area contributed by atoms with Gasteiger partial charge in [0.25, 0.3) is 0 Å². The van der Waals surface area contributed by atoms with Crippen LogP contribution in [-0.4, -0.2) is 9.55 Å². The first-order valence-electron chi connectivity index (χ1n) is 4.98. The predicted octanol–water partition coefficient (Wildman–Crippen LogP) is 2.26. The summed E-state index contributed by atoms with van der Waals surface area (Å²) in [6.07, 6.45) is 4.49. The average Bonchev–Trinajstić information content (AvgIpc) is 2.91. The number of imidazole rings is 1. The van der Waals surface area contributed by atoms with Gasteiger partial charge >= 0.3 is 0 Å². The molecule has 0 amide bonds. The number of nitrogen functional groups attached to an aromatic ring is 1. The number of nitrogens with two attached hydrogens (primary N) is 1. The highest BCUT2D eigenvalue weighted by Gasteiger charge is 2.24. The van der Waals surface area contributed by atoms with Crippen molar-refractivity contribution in [3.05, 3.63) is 24.0 Å². The molecule has 3 nitrogen and oxygen atoms in total. The molecule has 1 aromatic heterocycles. The molecule has 14 heavy (non-hydrogen) atoms. The fraction of sp³-hybridized carbons (Fsp3) is 0.364. The Kier molecular flexibility index (Phi) is 1.40. The third kappa shape index (κ3) is 1.02. The Labute approximate surface area is 82.5 Å². The Hall–Kier alpha value is -1.51. The minimum atomic E-state index is 0.669. The monoisotopic (exact) mass is 187 g/mol. The summed E-state index contributed by atoms with van der Waals surface area (Å²) in [5.74, 6) is 0. The van der Waals surface area contributed by atoms with Crippen molar-refractivity contribution in [2.24, 2.45) is 0 Å². The summed E-state index contributed by atoms with van der Waals surface area (Å²) < 4.78 is 2.24. The second kappa shape index (κ2) is 2.50. The van der Waals surface area contributed by atoms with Gasteiger partial charge < -0.3 is 10.3 Å². The van der Waals surface area contributed by atoms with Crippen molar-refractivity contribution >= 4 is 16.7 Å². The molecular formula is C11H13N3. The molecule has 0 aliphatic heterocycles. The third-order valence-corrected chi connectivity index (χ3v) is 2.90. The van der Waals surface area contributed by atoms with Crippen molar-refractivity contribution in [2.45, 2.75) is 25.8 Å². The number of aromatic nitrogens is 2. The molecule has 1 aliphatic rings. The SMILES string of the molecule is Cc1cc2ncn(C3CC3)c2cc1N. The van der Waals surface area contributed by atoms with Crippen LogP contribution in [0.2, 0.25) is 0 Å². The van der Waals surface area contributed by atoms with Gasteiger partial charge in [-0.1, -0.05) is 0 Å². The normalized spacial score (nSPS) is 16.4. The van der Waals surface area contributed by atoms with Crippen LogP contribution < -0.4 is 5.73 Å². The molecule has 0 unspecified atom stereocenters. The van der Waals surface area contributed by atoms with Gasteiger partial charge in [-0.25, -0.2) is 4.98 Å². The van der Waals surface area contributed by atoms with E-state index in [9.17, 15) is 0 Å². The molecule has 3 rings (SSSR count). The highest BCUT2D eigenvalue weighted by atomic mass is 15.1. The summed E-state index contributed by atoms with van der Waals surface area (Å²) >= 11 is 0. The van der Waals surface area contributed by atoms with Gasteiger partial charge in [0.1, 0.15) is 0 Å². The largest absolute Gasteiger partial charge is 0.398 e. The number of rotatable bonds is 1. The smallest absolute Gasteiger partial charge is 0.0960 e. The van der Waals surface area contributed by atoms with E-state index in [1.165, 1.54) is 18.4 Å². The van der Waals surface area contributed by atoms with Gasteiger partial charge in [-0.2, -0.15) is 0 Å². The van der Waals surface area contributed by atoms with E-state index in [-0.39, 0.29) is 0 Å². The lowest BCUT2D eigenvalue weighted by molar-refractivity contribution is 0.766. The van der Waals surface area contributed by atoms with E-state index >= 15 is 0 Å². The molecule has 1 saturated carbocycles. The van der Waals surface area contributed by atoms with Crippen LogP contribution in [0.5, 0.6) is 0 Å². The zero-order valence-electron chi connectivity index (χ0n) is 8.20. The molecule has 2 N–H and O–H groups in total. The number of hydrogen-bond acceptors (Lipinski definition) is 2. The predicted molar refractivity (Wildman–Crippen MR) is 57.2 cm³/mol. The molecule has 1 aromatic carbocycles. The fourth-order valence-corrected chi connectivity index (χ4v) is 1.84. The Morgan fingerprint density at radius 3 is 2.93 bits per heavy atom. The first-order chi connectivity index (χ1) is 6.75. The topological polar surface area (TPSA) is 43.8 Å². The number of nitrogens with zero attached hydrogens (tertiary/aromatic N) is 2. The van der Waals surface area contributed by atoms with Crippen LogP contribution in [0.4, 0.5) is 5.69 Å². The van der Waals surface area contributed by atoms with Crippen molar-refractivity contribution in [1.29, 1.82) is 0 Å². The number of anilines is 1. The van der Waals surface area contributed by atoms with Crippen molar-refractivity contribution in [3.63, 3.8) is 0 Å². The highest BCUT2D eigenvalue weighted by Crippen LogP contribution is 2.37. The quantitative estimate of drug-likeness (QED) is 0.696. The molecule has 0 saturated heterocycles. The van der Waals surface area contributed by atoms with Crippen LogP contribution in [0.1, 0.15) is 24.4 Å². The lowest BCUT2D eigenvalue weighted by Crippen LogP contribution is -1.93. The van der Waals surface area contributed by atoms with Crippen molar-refractivity contribution in [3.8, 4) is 0 Å². The van der Waals surface area contributed by atoms with E-state index < -0.39 is 0 Å². The van der Waals surface area contributed by atoms with Gasteiger partial charge in [-0.15, -0.1) is 0 Å². The minimum absolute atomic E-state index is 0.669. The van der Waals surface area contributed by atoms with E-state index in [1.54, 1.807) is 0 Å². The number of benzene rings is 1. The van der Waals surface area contributed by atoms with Gasteiger partial charge in [0.2, 0.25) is 0 Å². The lowest BCUT2D eigenvalue weighted by atomic mass is 10.2. The number of hydrogen-bond donors (Lipinski definition) is 1. The van der Waals surface area contributed by atoms with Crippen molar-refractivity contribution in [2.75, 3.05) is 5.73 Å². The molecule has 1 fully saturated rings. The maximum absolute atomic E-state index is 5.89. The second-order valence-electron chi connectivity index (χ2n) is 4.08. The number of fused-ring (bicyclic) bond motifs is 1. The maximum atomic E-state index is 5.89. The molecule has 0 spiro atoms. The summed E-state index contributed by atoms with van der Waals surface area (Å²) in [4.78, 5) is 4.39. The molecule has 0 bridgehead atoms. The standard InChI is InChI=1S/C11H13N3/c1-7-4-10-11(5-9(7)12)14(6-13-10)8-2-3-8/h4-6,8H,2-3,12H2,1H3. The molecule has 0 radical (unpaired) electrons. The summed E-state index contributed by atoms with van der Waals surface area (Å²) in [6, 6.07) is 4.77. The molecule has 1 aliphatic carbocycles. The summed E-state index contributed by atoms with van der Waals surface area (Å²) in [7, 11) is 0. The van der Waals surface area contributed by atoms with E-state index in [0.29, 0.717) is 6.04 Å². The first-order valence-corrected chi connectivity index (χ1v) is 4.98. The Balaban J connectivity index is 2.29. The minimum Gasteiger partial charge on any atom is -0.398 e. The van der Waals surface area contributed by atoms with Crippen LogP contribution in [0.25, 0.3) is 11.0 Å². The van der Waals surface area contributed by atoms with Gasteiger partial charge in [0.15, 0.2) is 0 Å². The molecule has 72 valence electrons. The van der Waals surface area contributed by atoms with Crippen LogP contribution >= 0.6 is 0 Å². The van der Waals surface area contributed by atoms with Gasteiger partial charge in [-0.05, 0) is 37.5 Å². The molecule has 3 heteroatoms. The average molecular weight is 187 g/mol. The maximum Gasteiger partial charge on any atom is 0.0960 e. The molecule has 1 heterocycles.